The maximum Gasteiger partial charge on any atom is 0.410 e. The van der Waals surface area contributed by atoms with Gasteiger partial charge in [0.25, 0.3) is 0 Å². The Morgan fingerprint density at radius 2 is 2.12 bits per heavy atom. The molecule has 2 fully saturated rings. The summed E-state index contributed by atoms with van der Waals surface area (Å²) in [5.41, 5.74) is -0.479. The van der Waals surface area contributed by atoms with Crippen molar-refractivity contribution in [2.45, 2.75) is 38.6 Å². The number of aliphatic hydroxyl groups is 1. The number of carbonyl (C=O) groups is 1. The van der Waals surface area contributed by atoms with Crippen LogP contribution in [0.3, 0.4) is 0 Å². The Kier molecular flexibility index (Phi) is 2.84. The van der Waals surface area contributed by atoms with Crippen LogP contribution in [0.15, 0.2) is 0 Å². The van der Waals surface area contributed by atoms with E-state index in [-0.39, 0.29) is 18.1 Å². The minimum absolute atomic E-state index is 0.0336. The van der Waals surface area contributed by atoms with Crippen LogP contribution in [0.25, 0.3) is 0 Å². The van der Waals surface area contributed by atoms with Crippen molar-refractivity contribution in [3.05, 3.63) is 0 Å². The second-order valence-corrected chi connectivity index (χ2v) is 5.51. The molecule has 0 radical (unpaired) electrons. The van der Waals surface area contributed by atoms with Crippen LogP contribution in [0.5, 0.6) is 0 Å². The highest BCUT2D eigenvalue weighted by molar-refractivity contribution is 5.68. The van der Waals surface area contributed by atoms with Crippen LogP contribution in [0.4, 0.5) is 4.79 Å². The molecule has 5 nitrogen and oxygen atoms in total. The van der Waals surface area contributed by atoms with Gasteiger partial charge in [-0.3, -0.25) is 0 Å². The maximum atomic E-state index is 11.8. The highest BCUT2D eigenvalue weighted by Gasteiger charge is 2.44. The van der Waals surface area contributed by atoms with Gasteiger partial charge in [-0.2, -0.15) is 0 Å². The first-order valence-electron chi connectivity index (χ1n) is 5.64. The molecule has 1 N–H and O–H groups in total. The lowest BCUT2D eigenvalue weighted by Crippen LogP contribution is -2.51. The molecule has 2 aliphatic rings. The number of piperidine rings is 1. The summed E-state index contributed by atoms with van der Waals surface area (Å²) >= 11 is 0. The smallest absolute Gasteiger partial charge is 0.410 e. The fourth-order valence-electron chi connectivity index (χ4n) is 2.12. The number of likely N-dealkylation sites (tertiary alicyclic amines) is 1. The number of carbonyl (C=O) groups excluding carboxylic acids is 1. The Balaban J connectivity index is 1.95. The summed E-state index contributed by atoms with van der Waals surface area (Å²) in [7, 11) is 0. The fraction of sp³-hybridized carbons (Fsp3) is 0.909. The summed E-state index contributed by atoms with van der Waals surface area (Å²) in [4.78, 5) is 13.4. The number of rotatable bonds is 0. The molecule has 3 atom stereocenters. The van der Waals surface area contributed by atoms with Gasteiger partial charge < -0.3 is 19.5 Å². The summed E-state index contributed by atoms with van der Waals surface area (Å²) in [6.45, 7) is 7.00. The maximum absolute atomic E-state index is 11.8. The van der Waals surface area contributed by atoms with E-state index in [1.165, 1.54) is 0 Å². The molecule has 2 heterocycles. The third-order valence-corrected chi connectivity index (χ3v) is 2.90. The van der Waals surface area contributed by atoms with E-state index in [2.05, 4.69) is 0 Å². The zero-order chi connectivity index (χ0) is 11.9. The van der Waals surface area contributed by atoms with Crippen molar-refractivity contribution < 1.29 is 19.4 Å². The second-order valence-electron chi connectivity index (χ2n) is 5.51. The molecule has 0 saturated carbocycles. The third-order valence-electron chi connectivity index (χ3n) is 2.90. The number of hydrogen-bond donors (Lipinski definition) is 1. The van der Waals surface area contributed by atoms with Gasteiger partial charge in [-0.15, -0.1) is 0 Å². The van der Waals surface area contributed by atoms with E-state index in [0.717, 1.165) is 0 Å². The summed E-state index contributed by atoms with van der Waals surface area (Å²) in [6.07, 6.45) is -0.996. The van der Waals surface area contributed by atoms with Crippen LogP contribution in [-0.4, -0.2) is 53.6 Å². The largest absolute Gasteiger partial charge is 0.444 e. The SMILES string of the molecule is CC(C)(C)OC(=O)N1C[C@H]2CO[C@@H](C1)C2O. The fourth-order valence-corrected chi connectivity index (χ4v) is 2.12. The highest BCUT2D eigenvalue weighted by atomic mass is 16.6. The van der Waals surface area contributed by atoms with E-state index >= 15 is 0 Å². The van der Waals surface area contributed by atoms with Crippen molar-refractivity contribution >= 4 is 6.09 Å². The molecule has 92 valence electrons. The molecule has 5 heteroatoms. The number of amides is 1. The van der Waals surface area contributed by atoms with Crippen molar-refractivity contribution in [1.29, 1.82) is 0 Å². The van der Waals surface area contributed by atoms with Gasteiger partial charge in [0.2, 0.25) is 0 Å². The second kappa shape index (κ2) is 3.89. The van der Waals surface area contributed by atoms with Crippen molar-refractivity contribution in [1.82, 2.24) is 4.90 Å². The lowest BCUT2D eigenvalue weighted by atomic mass is 9.97. The summed E-state index contributed by atoms with van der Waals surface area (Å²) in [5.74, 6) is 0.0336. The van der Waals surface area contributed by atoms with Crippen LogP contribution in [0.1, 0.15) is 20.8 Å². The topological polar surface area (TPSA) is 59.0 Å². The molecule has 16 heavy (non-hydrogen) atoms. The van der Waals surface area contributed by atoms with Gasteiger partial charge in [0, 0.05) is 12.5 Å². The predicted molar refractivity (Wildman–Crippen MR) is 57.0 cm³/mol. The summed E-state index contributed by atoms with van der Waals surface area (Å²) < 4.78 is 10.7. The molecule has 0 aromatic heterocycles. The van der Waals surface area contributed by atoms with E-state index < -0.39 is 11.7 Å². The molecule has 0 aliphatic carbocycles. The highest BCUT2D eigenvalue weighted by Crippen LogP contribution is 2.28. The first-order chi connectivity index (χ1) is 7.37. The Hall–Kier alpha value is -0.810. The molecular weight excluding hydrogens is 210 g/mol. The summed E-state index contributed by atoms with van der Waals surface area (Å²) in [5, 5.41) is 9.74. The Morgan fingerprint density at radius 1 is 1.44 bits per heavy atom. The Bertz CT molecular complexity index is 272. The lowest BCUT2D eigenvalue weighted by molar-refractivity contribution is -0.0251. The third kappa shape index (κ3) is 2.30. The Morgan fingerprint density at radius 3 is 2.69 bits per heavy atom. The molecule has 2 rings (SSSR count). The van der Waals surface area contributed by atoms with E-state index in [9.17, 15) is 9.90 Å². The standard InChI is InChI=1S/C11H19NO4/c1-11(2,3)16-10(14)12-4-7-6-15-8(5-12)9(7)13/h7-9,13H,4-6H2,1-3H3/t7-,8-,9?/m0/s1. The first-order valence-corrected chi connectivity index (χ1v) is 5.64. The molecule has 0 aromatic rings. The molecule has 0 spiro atoms. The molecule has 1 amide bonds. The first kappa shape index (κ1) is 11.7. The van der Waals surface area contributed by atoms with Crippen LogP contribution in [0.2, 0.25) is 0 Å². The van der Waals surface area contributed by atoms with Gasteiger partial charge in [0.05, 0.1) is 19.3 Å². The van der Waals surface area contributed by atoms with Gasteiger partial charge in [-0.1, -0.05) is 0 Å². The van der Waals surface area contributed by atoms with E-state index in [1.807, 2.05) is 20.8 Å². The number of hydrogen-bond acceptors (Lipinski definition) is 4. The zero-order valence-electron chi connectivity index (χ0n) is 9.97. The predicted octanol–water partition coefficient (Wildman–Crippen LogP) is 0.613. The van der Waals surface area contributed by atoms with Crippen molar-refractivity contribution in [3.63, 3.8) is 0 Å². The quantitative estimate of drug-likeness (QED) is 0.661. The van der Waals surface area contributed by atoms with Crippen molar-refractivity contribution in [3.8, 4) is 0 Å². The van der Waals surface area contributed by atoms with E-state index in [1.54, 1.807) is 4.90 Å². The van der Waals surface area contributed by atoms with Gasteiger partial charge in [0.15, 0.2) is 0 Å². The van der Waals surface area contributed by atoms with Gasteiger partial charge >= 0.3 is 6.09 Å². The van der Waals surface area contributed by atoms with Gasteiger partial charge in [0.1, 0.15) is 11.7 Å². The van der Waals surface area contributed by atoms with Crippen LogP contribution < -0.4 is 0 Å². The molecule has 2 bridgehead atoms. The number of fused-ring (bicyclic) bond motifs is 2. The monoisotopic (exact) mass is 229 g/mol. The van der Waals surface area contributed by atoms with E-state index in [0.29, 0.717) is 19.7 Å². The molecule has 2 saturated heterocycles. The number of aliphatic hydroxyl groups excluding tert-OH is 1. The summed E-state index contributed by atoms with van der Waals surface area (Å²) in [6, 6.07) is 0. The normalized spacial score (nSPS) is 34.0. The number of nitrogens with zero attached hydrogens (tertiary/aromatic N) is 1. The van der Waals surface area contributed by atoms with Crippen molar-refractivity contribution in [2.75, 3.05) is 19.7 Å². The van der Waals surface area contributed by atoms with Crippen LogP contribution in [-0.2, 0) is 9.47 Å². The van der Waals surface area contributed by atoms with Gasteiger partial charge in [-0.05, 0) is 20.8 Å². The average Bonchev–Trinajstić information content (AvgIpc) is 2.38. The molecule has 0 aromatic carbocycles. The van der Waals surface area contributed by atoms with Crippen molar-refractivity contribution in [2.24, 2.45) is 5.92 Å². The minimum atomic E-state index is -0.479. The number of ether oxygens (including phenoxy) is 2. The average molecular weight is 229 g/mol. The van der Waals surface area contributed by atoms with Crippen LogP contribution >= 0.6 is 0 Å². The van der Waals surface area contributed by atoms with E-state index in [4.69, 9.17) is 9.47 Å². The van der Waals surface area contributed by atoms with Crippen LogP contribution in [0, 0.1) is 5.92 Å². The molecule has 2 aliphatic heterocycles. The zero-order valence-corrected chi connectivity index (χ0v) is 9.97. The lowest BCUT2D eigenvalue weighted by Gasteiger charge is -2.34. The Labute approximate surface area is 95.3 Å². The molecule has 1 unspecified atom stereocenters. The van der Waals surface area contributed by atoms with Gasteiger partial charge in [-0.25, -0.2) is 4.79 Å². The molecular formula is C11H19NO4. The minimum Gasteiger partial charge on any atom is -0.444 e.